The van der Waals surface area contributed by atoms with Crippen molar-refractivity contribution >= 4 is 11.6 Å². The highest BCUT2D eigenvalue weighted by Gasteiger charge is 2.08. The molecule has 0 unspecified atom stereocenters. The maximum atomic E-state index is 13.0. The molecule has 0 aliphatic rings. The summed E-state index contributed by atoms with van der Waals surface area (Å²) in [4.78, 5) is 0. The minimum atomic E-state index is -0.660. The van der Waals surface area contributed by atoms with Crippen molar-refractivity contribution in [2.75, 3.05) is 0 Å². The number of ether oxygens (including phenoxy) is 1. The van der Waals surface area contributed by atoms with Gasteiger partial charge >= 0.3 is 0 Å². The molecule has 2 rings (SSSR count). The molecule has 0 fully saturated rings. The largest absolute Gasteiger partial charge is 0.488 e. The van der Waals surface area contributed by atoms with Crippen molar-refractivity contribution < 1.29 is 18.6 Å². The number of aliphatic hydroxyl groups excluding tert-OH is 1. The van der Waals surface area contributed by atoms with Gasteiger partial charge in [0.25, 0.3) is 0 Å². The van der Waals surface area contributed by atoms with Crippen molar-refractivity contribution in [2.24, 2.45) is 0 Å². The monoisotopic (exact) mass is 284 g/mol. The summed E-state index contributed by atoms with van der Waals surface area (Å²) in [5, 5.41) is 9.58. The van der Waals surface area contributed by atoms with Crippen molar-refractivity contribution in [3.8, 4) is 5.75 Å². The first-order valence-electron chi connectivity index (χ1n) is 5.56. The second-order valence-corrected chi connectivity index (χ2v) is 4.35. The van der Waals surface area contributed by atoms with Gasteiger partial charge in [-0.2, -0.15) is 0 Å². The number of hydrogen-bond acceptors (Lipinski definition) is 2. The van der Waals surface area contributed by atoms with Gasteiger partial charge in [-0.25, -0.2) is 8.78 Å². The second-order valence-electron chi connectivity index (χ2n) is 3.94. The average molecular weight is 285 g/mol. The zero-order valence-electron chi connectivity index (χ0n) is 9.87. The van der Waals surface area contributed by atoms with Crippen molar-refractivity contribution in [1.29, 1.82) is 0 Å². The fourth-order valence-corrected chi connectivity index (χ4v) is 1.91. The first-order chi connectivity index (χ1) is 9.10. The van der Waals surface area contributed by atoms with Gasteiger partial charge in [0.2, 0.25) is 0 Å². The highest BCUT2D eigenvalue weighted by molar-refractivity contribution is 6.31. The molecule has 2 aromatic carbocycles. The van der Waals surface area contributed by atoms with Gasteiger partial charge < -0.3 is 9.84 Å². The molecule has 1 N–H and O–H groups in total. The SMILES string of the molecule is OCc1c(Cl)cccc1OCc1cc(F)cc(F)c1. The Bertz CT molecular complexity index is 567. The standard InChI is InChI=1S/C14H11ClF2O2/c15-13-2-1-3-14(12(13)7-18)19-8-9-4-10(16)6-11(17)5-9/h1-6,18H,7-8H2. The molecule has 2 nitrogen and oxygen atoms in total. The Morgan fingerprint density at radius 3 is 2.42 bits per heavy atom. The number of benzene rings is 2. The van der Waals surface area contributed by atoms with Gasteiger partial charge in [-0.1, -0.05) is 17.7 Å². The van der Waals surface area contributed by atoms with Crippen LogP contribution in [0.5, 0.6) is 5.75 Å². The van der Waals surface area contributed by atoms with Crippen LogP contribution in [-0.4, -0.2) is 5.11 Å². The molecular weight excluding hydrogens is 274 g/mol. The van der Waals surface area contributed by atoms with Gasteiger partial charge in [-0.3, -0.25) is 0 Å². The van der Waals surface area contributed by atoms with Crippen LogP contribution in [-0.2, 0) is 13.2 Å². The minimum Gasteiger partial charge on any atom is -0.488 e. The summed E-state index contributed by atoms with van der Waals surface area (Å²) in [6.45, 7) is -0.283. The molecule has 0 radical (unpaired) electrons. The topological polar surface area (TPSA) is 29.5 Å². The lowest BCUT2D eigenvalue weighted by Crippen LogP contribution is -2.00. The van der Waals surface area contributed by atoms with Gasteiger partial charge in [0.05, 0.1) is 6.61 Å². The quantitative estimate of drug-likeness (QED) is 0.928. The average Bonchev–Trinajstić information content (AvgIpc) is 2.35. The van der Waals surface area contributed by atoms with Crippen molar-refractivity contribution in [3.05, 3.63) is 64.2 Å². The normalized spacial score (nSPS) is 10.5. The Kier molecular flexibility index (Phi) is 4.35. The molecule has 0 aliphatic heterocycles. The van der Waals surface area contributed by atoms with E-state index >= 15 is 0 Å². The van der Waals surface area contributed by atoms with Gasteiger partial charge in [0, 0.05) is 16.7 Å². The van der Waals surface area contributed by atoms with E-state index in [2.05, 4.69) is 0 Å². The van der Waals surface area contributed by atoms with Crippen molar-refractivity contribution in [2.45, 2.75) is 13.2 Å². The van der Waals surface area contributed by atoms with Crippen LogP contribution < -0.4 is 4.74 Å². The molecular formula is C14H11ClF2O2. The maximum absolute atomic E-state index is 13.0. The second kappa shape index (κ2) is 5.99. The summed E-state index contributed by atoms with van der Waals surface area (Å²) in [5.41, 5.74) is 0.808. The highest BCUT2D eigenvalue weighted by Crippen LogP contribution is 2.27. The number of aliphatic hydroxyl groups is 1. The van der Waals surface area contributed by atoms with Gasteiger partial charge in [0.1, 0.15) is 24.0 Å². The Morgan fingerprint density at radius 1 is 1.11 bits per heavy atom. The highest BCUT2D eigenvalue weighted by atomic mass is 35.5. The van der Waals surface area contributed by atoms with Crippen LogP contribution in [0.15, 0.2) is 36.4 Å². The van der Waals surface area contributed by atoms with Crippen LogP contribution in [0.2, 0.25) is 5.02 Å². The van der Waals surface area contributed by atoms with Crippen LogP contribution in [0.1, 0.15) is 11.1 Å². The molecule has 2 aromatic rings. The number of rotatable bonds is 4. The summed E-state index contributed by atoms with van der Waals surface area (Å²) >= 11 is 5.90. The smallest absolute Gasteiger partial charge is 0.126 e. The lowest BCUT2D eigenvalue weighted by molar-refractivity contribution is 0.258. The van der Waals surface area contributed by atoms with Crippen molar-refractivity contribution in [3.63, 3.8) is 0 Å². The van der Waals surface area contributed by atoms with E-state index in [-0.39, 0.29) is 13.2 Å². The minimum absolute atomic E-state index is 0.0119. The Labute approximate surface area is 114 Å². The van der Waals surface area contributed by atoms with E-state index in [4.69, 9.17) is 16.3 Å². The third-order valence-corrected chi connectivity index (χ3v) is 2.90. The van der Waals surface area contributed by atoms with E-state index in [9.17, 15) is 13.9 Å². The lowest BCUT2D eigenvalue weighted by atomic mass is 10.2. The molecule has 5 heteroatoms. The summed E-state index contributed by atoms with van der Waals surface area (Å²) in [6, 6.07) is 8.10. The van der Waals surface area contributed by atoms with Crippen LogP contribution in [0.3, 0.4) is 0 Å². The van der Waals surface area contributed by atoms with Crippen molar-refractivity contribution in [1.82, 2.24) is 0 Å². The van der Waals surface area contributed by atoms with Gasteiger partial charge in [0.15, 0.2) is 0 Å². The lowest BCUT2D eigenvalue weighted by Gasteiger charge is -2.11. The first-order valence-corrected chi connectivity index (χ1v) is 5.94. The van der Waals surface area contributed by atoms with E-state index in [1.54, 1.807) is 18.2 Å². The molecule has 0 aromatic heterocycles. The maximum Gasteiger partial charge on any atom is 0.126 e. The third-order valence-electron chi connectivity index (χ3n) is 2.55. The number of hydrogen-bond donors (Lipinski definition) is 1. The molecule has 0 bridgehead atoms. The molecule has 100 valence electrons. The van der Waals surface area contributed by atoms with E-state index in [0.29, 0.717) is 21.9 Å². The molecule has 0 saturated heterocycles. The fraction of sp³-hybridized carbons (Fsp3) is 0.143. The predicted molar refractivity (Wildman–Crippen MR) is 68.1 cm³/mol. The Hall–Kier alpha value is -1.65. The van der Waals surface area contributed by atoms with Crippen LogP contribution >= 0.6 is 11.6 Å². The molecule has 19 heavy (non-hydrogen) atoms. The van der Waals surface area contributed by atoms with E-state index in [1.807, 2.05) is 0 Å². The predicted octanol–water partition coefficient (Wildman–Crippen LogP) is 3.69. The zero-order valence-corrected chi connectivity index (χ0v) is 10.6. The zero-order chi connectivity index (χ0) is 13.8. The van der Waals surface area contributed by atoms with Gasteiger partial charge in [-0.05, 0) is 29.8 Å². The summed E-state index contributed by atoms with van der Waals surface area (Å²) in [7, 11) is 0. The molecule has 0 amide bonds. The molecule has 0 spiro atoms. The molecule has 0 atom stereocenters. The van der Waals surface area contributed by atoms with Crippen LogP contribution in [0.4, 0.5) is 8.78 Å². The fourth-order valence-electron chi connectivity index (χ4n) is 1.68. The Balaban J connectivity index is 2.16. The summed E-state index contributed by atoms with van der Waals surface area (Å²) < 4.78 is 31.4. The van der Waals surface area contributed by atoms with E-state index in [0.717, 1.165) is 6.07 Å². The summed E-state index contributed by atoms with van der Waals surface area (Å²) in [6.07, 6.45) is 0. The van der Waals surface area contributed by atoms with Gasteiger partial charge in [-0.15, -0.1) is 0 Å². The molecule has 0 saturated carbocycles. The summed E-state index contributed by atoms with van der Waals surface area (Å²) in [5.74, 6) is -0.932. The van der Waals surface area contributed by atoms with Crippen LogP contribution in [0, 0.1) is 11.6 Å². The first kappa shape index (κ1) is 13.8. The van der Waals surface area contributed by atoms with E-state index in [1.165, 1.54) is 12.1 Å². The molecule has 0 aliphatic carbocycles. The van der Waals surface area contributed by atoms with E-state index < -0.39 is 11.6 Å². The number of halogens is 3. The Morgan fingerprint density at radius 2 is 1.79 bits per heavy atom. The van der Waals surface area contributed by atoms with Crippen LogP contribution in [0.25, 0.3) is 0 Å². The third kappa shape index (κ3) is 3.43. The molecule has 0 heterocycles.